The van der Waals surface area contributed by atoms with Crippen LogP contribution in [0, 0.1) is 13.8 Å². The van der Waals surface area contributed by atoms with Crippen LogP contribution in [0.5, 0.6) is 0 Å². The first-order valence-corrected chi connectivity index (χ1v) is 11.4. The fourth-order valence-electron chi connectivity index (χ4n) is 4.03. The van der Waals surface area contributed by atoms with E-state index in [1.54, 1.807) is 0 Å². The maximum Gasteiger partial charge on any atom is 0.147 e. The average Bonchev–Trinajstić information content (AvgIpc) is 3.25. The Morgan fingerprint density at radius 3 is 2.39 bits per heavy atom. The Balaban J connectivity index is 0.000000287. The molecule has 1 atom stereocenters. The van der Waals surface area contributed by atoms with Crippen molar-refractivity contribution in [3.63, 3.8) is 0 Å². The van der Waals surface area contributed by atoms with E-state index in [0.29, 0.717) is 6.54 Å². The van der Waals surface area contributed by atoms with E-state index in [0.717, 1.165) is 31.6 Å². The van der Waals surface area contributed by atoms with Gasteiger partial charge in [-0.2, -0.15) is 0 Å². The van der Waals surface area contributed by atoms with Crippen LogP contribution in [0.25, 0.3) is 0 Å². The van der Waals surface area contributed by atoms with Gasteiger partial charge in [-0.25, -0.2) is 10.0 Å². The highest BCUT2D eigenvalue weighted by atomic mass is 15.5. The highest BCUT2D eigenvalue weighted by molar-refractivity contribution is 5.99. The van der Waals surface area contributed by atoms with Crippen LogP contribution in [0.1, 0.15) is 54.6 Å². The van der Waals surface area contributed by atoms with Crippen LogP contribution in [0.15, 0.2) is 64.8 Å². The number of hydrogen-bond acceptors (Lipinski definition) is 5. The number of nitrogens with one attached hydrogen (secondary N) is 2. The van der Waals surface area contributed by atoms with Crippen molar-refractivity contribution in [2.75, 3.05) is 20.1 Å². The van der Waals surface area contributed by atoms with E-state index in [1.807, 2.05) is 12.1 Å². The topological polar surface area (TPSA) is 65.7 Å². The molecule has 5 nitrogen and oxygen atoms in total. The third kappa shape index (κ3) is 5.96. The summed E-state index contributed by atoms with van der Waals surface area (Å²) in [5.74, 6) is 1.00. The van der Waals surface area contributed by atoms with Gasteiger partial charge in [0.1, 0.15) is 12.0 Å². The first-order chi connectivity index (χ1) is 15.0. The van der Waals surface area contributed by atoms with Gasteiger partial charge in [-0.05, 0) is 61.8 Å². The van der Waals surface area contributed by atoms with Crippen molar-refractivity contribution in [3.8, 4) is 0 Å². The molecule has 0 radical (unpaired) electrons. The van der Waals surface area contributed by atoms with E-state index in [4.69, 9.17) is 10.7 Å². The molecular weight excluding hydrogens is 382 g/mol. The number of aliphatic imine (C=N–C) groups is 1. The molecule has 2 aromatic rings. The summed E-state index contributed by atoms with van der Waals surface area (Å²) in [6.45, 7) is 7.86. The molecule has 1 unspecified atom stereocenters. The molecule has 0 amide bonds. The highest BCUT2D eigenvalue weighted by Crippen LogP contribution is 2.33. The lowest BCUT2D eigenvalue weighted by atomic mass is 10.0. The van der Waals surface area contributed by atoms with E-state index in [1.165, 1.54) is 39.9 Å². The zero-order chi connectivity index (χ0) is 22.2. The van der Waals surface area contributed by atoms with Gasteiger partial charge in [0, 0.05) is 31.4 Å². The molecule has 2 aromatic carbocycles. The number of amidine groups is 1. The predicted octanol–water partition coefficient (Wildman–Crippen LogP) is 4.39. The highest BCUT2D eigenvalue weighted by Gasteiger charge is 2.28. The Labute approximate surface area is 187 Å². The van der Waals surface area contributed by atoms with Gasteiger partial charge in [-0.1, -0.05) is 55.5 Å². The Morgan fingerprint density at radius 2 is 1.74 bits per heavy atom. The van der Waals surface area contributed by atoms with Gasteiger partial charge in [-0.15, -0.1) is 0 Å². The van der Waals surface area contributed by atoms with E-state index >= 15 is 0 Å². The summed E-state index contributed by atoms with van der Waals surface area (Å²) in [6.07, 6.45) is 4.41. The fourth-order valence-corrected chi connectivity index (χ4v) is 4.03. The molecule has 1 aliphatic carbocycles. The second-order valence-electron chi connectivity index (χ2n) is 8.29. The van der Waals surface area contributed by atoms with Gasteiger partial charge in [0.2, 0.25) is 0 Å². The van der Waals surface area contributed by atoms with Crippen molar-refractivity contribution in [3.05, 3.63) is 82.1 Å². The smallest absolute Gasteiger partial charge is 0.147 e. The summed E-state index contributed by atoms with van der Waals surface area (Å²) in [6, 6.07) is 16.9. The lowest BCUT2D eigenvalue weighted by molar-refractivity contribution is 0.299. The summed E-state index contributed by atoms with van der Waals surface area (Å²) >= 11 is 0. The first-order valence-electron chi connectivity index (χ1n) is 11.4. The molecule has 31 heavy (non-hydrogen) atoms. The zero-order valence-corrected chi connectivity index (χ0v) is 19.4. The van der Waals surface area contributed by atoms with Crippen molar-refractivity contribution < 1.29 is 0 Å². The standard InChI is InChI=1S/C18H27N5.C8H10/c1-3-13-7-4-5-8-14(13)17-20-16-10-6-9-15(16)18(21-17)22-23(2)12-11-19;1-7-5-3-4-6-8(7)2/h4-5,7-8,17,20H,3,6,9-12,19H2,1-2H3,(H,21,22);3-6H,1-2H3. The van der Waals surface area contributed by atoms with Gasteiger partial charge < -0.3 is 16.5 Å². The molecule has 0 bridgehead atoms. The molecule has 1 heterocycles. The van der Waals surface area contributed by atoms with Crippen molar-refractivity contribution in [2.24, 2.45) is 10.7 Å². The number of hydrogen-bond donors (Lipinski definition) is 3. The summed E-state index contributed by atoms with van der Waals surface area (Å²) in [5, 5.41) is 5.67. The predicted molar refractivity (Wildman–Crippen MR) is 131 cm³/mol. The fraction of sp³-hybridized carbons (Fsp3) is 0.423. The molecule has 0 saturated heterocycles. The second-order valence-corrected chi connectivity index (χ2v) is 8.29. The van der Waals surface area contributed by atoms with Crippen LogP contribution in [0.4, 0.5) is 0 Å². The number of nitrogens with two attached hydrogens (primary N) is 1. The molecule has 1 aliphatic heterocycles. The molecule has 0 spiro atoms. The van der Waals surface area contributed by atoms with Crippen molar-refractivity contribution in [1.82, 2.24) is 15.8 Å². The average molecular weight is 420 g/mol. The maximum absolute atomic E-state index is 5.65. The Morgan fingerprint density at radius 1 is 1.06 bits per heavy atom. The summed E-state index contributed by atoms with van der Waals surface area (Å²) in [7, 11) is 2.02. The number of aryl methyl sites for hydroxylation is 3. The molecule has 4 N–H and O–H groups in total. The van der Waals surface area contributed by atoms with E-state index < -0.39 is 0 Å². The number of nitrogens with zero attached hydrogens (tertiary/aromatic N) is 2. The molecule has 0 saturated carbocycles. The second kappa shape index (κ2) is 11.1. The molecule has 4 rings (SSSR count). The van der Waals surface area contributed by atoms with Crippen LogP contribution in [0.3, 0.4) is 0 Å². The summed E-state index contributed by atoms with van der Waals surface area (Å²) in [5.41, 5.74) is 17.1. The van der Waals surface area contributed by atoms with Crippen LogP contribution in [-0.4, -0.2) is 31.0 Å². The van der Waals surface area contributed by atoms with Gasteiger partial charge in [-0.3, -0.25) is 0 Å². The van der Waals surface area contributed by atoms with E-state index in [-0.39, 0.29) is 6.17 Å². The van der Waals surface area contributed by atoms with Crippen molar-refractivity contribution in [2.45, 2.75) is 52.6 Å². The van der Waals surface area contributed by atoms with Crippen LogP contribution >= 0.6 is 0 Å². The monoisotopic (exact) mass is 419 g/mol. The van der Waals surface area contributed by atoms with Gasteiger partial charge in [0.05, 0.1) is 0 Å². The summed E-state index contributed by atoms with van der Waals surface area (Å²) in [4.78, 5) is 4.98. The Kier molecular flexibility index (Phi) is 8.27. The number of likely N-dealkylation sites (N-methyl/N-ethyl adjacent to an activating group) is 1. The quantitative estimate of drug-likeness (QED) is 0.629. The maximum atomic E-state index is 5.65. The Hall–Kier alpha value is -2.63. The number of benzene rings is 2. The Bertz CT molecular complexity index is 910. The number of hydrazine groups is 1. The number of rotatable bonds is 5. The minimum atomic E-state index is -0.00298. The summed E-state index contributed by atoms with van der Waals surface area (Å²) < 4.78 is 0. The largest absolute Gasteiger partial charge is 0.363 e. The van der Waals surface area contributed by atoms with Gasteiger partial charge >= 0.3 is 0 Å². The molecule has 5 heteroatoms. The van der Waals surface area contributed by atoms with Crippen molar-refractivity contribution >= 4 is 5.84 Å². The molecular formula is C26H37N5. The zero-order valence-electron chi connectivity index (χ0n) is 19.4. The molecule has 0 fully saturated rings. The molecule has 0 aromatic heterocycles. The van der Waals surface area contributed by atoms with Crippen LogP contribution in [0.2, 0.25) is 0 Å². The molecule has 2 aliphatic rings. The molecule has 166 valence electrons. The van der Waals surface area contributed by atoms with E-state index in [9.17, 15) is 0 Å². The minimum absolute atomic E-state index is 0.00298. The normalized spacial score (nSPS) is 17.5. The van der Waals surface area contributed by atoms with Gasteiger partial charge in [0.15, 0.2) is 0 Å². The number of allylic oxidation sites excluding steroid dienone is 1. The SMILES string of the molecule is CCc1ccccc1C1N=C(NN(C)CCN)C2=C(CCC2)N1.Cc1ccccc1C. The lowest BCUT2D eigenvalue weighted by Gasteiger charge is -2.29. The van der Waals surface area contributed by atoms with E-state index in [2.05, 4.69) is 80.0 Å². The van der Waals surface area contributed by atoms with Crippen LogP contribution in [-0.2, 0) is 6.42 Å². The third-order valence-electron chi connectivity index (χ3n) is 5.99. The van der Waals surface area contributed by atoms with Gasteiger partial charge in [0.25, 0.3) is 0 Å². The minimum Gasteiger partial charge on any atom is -0.363 e. The van der Waals surface area contributed by atoms with Crippen LogP contribution < -0.4 is 16.5 Å². The van der Waals surface area contributed by atoms with Crippen molar-refractivity contribution in [1.29, 1.82) is 0 Å². The first kappa shape index (κ1) is 23.0. The lowest BCUT2D eigenvalue weighted by Crippen LogP contribution is -2.45. The third-order valence-corrected chi connectivity index (χ3v) is 5.99.